The Morgan fingerprint density at radius 1 is 1.08 bits per heavy atom. The first-order valence-corrected chi connectivity index (χ1v) is 5.80. The van der Waals surface area contributed by atoms with Gasteiger partial charge in [0.1, 0.15) is 0 Å². The highest BCUT2D eigenvalue weighted by atomic mass is 32.2. The van der Waals surface area contributed by atoms with E-state index in [0.29, 0.717) is 0 Å². The normalized spacial score (nSPS) is 10.5. The molecule has 2 heterocycles. The van der Waals surface area contributed by atoms with E-state index in [1.807, 2.05) is 0 Å². The molecule has 0 saturated heterocycles. The maximum atomic E-state index is 4.41. The third kappa shape index (κ3) is 1.32. The summed E-state index contributed by atoms with van der Waals surface area (Å²) >= 11 is 7.87. The maximum Gasteiger partial charge on any atom is 0.0646 e. The molecule has 0 aromatic carbocycles. The second-order valence-electron chi connectivity index (χ2n) is 2.53. The smallest absolute Gasteiger partial charge is 0.0646 e. The molecule has 0 saturated carbocycles. The molecule has 12 heavy (non-hydrogen) atoms. The van der Waals surface area contributed by atoms with E-state index in [0.717, 1.165) is 4.21 Å². The van der Waals surface area contributed by atoms with Crippen molar-refractivity contribution < 1.29 is 0 Å². The largest absolute Gasteiger partial charge is 0.149 e. The van der Waals surface area contributed by atoms with E-state index in [2.05, 4.69) is 42.4 Å². The van der Waals surface area contributed by atoms with Crippen molar-refractivity contribution in [3.63, 3.8) is 0 Å². The minimum Gasteiger partial charge on any atom is -0.149 e. The van der Waals surface area contributed by atoms with Crippen LogP contribution in [0.3, 0.4) is 0 Å². The Bertz CT molecular complexity index is 346. The van der Waals surface area contributed by atoms with E-state index < -0.39 is 0 Å². The molecular weight excluding hydrogens is 204 g/mol. The van der Waals surface area contributed by atoms with Gasteiger partial charge in [0, 0.05) is 10.4 Å². The fourth-order valence-electron chi connectivity index (χ4n) is 1.17. The van der Waals surface area contributed by atoms with Gasteiger partial charge in [0.15, 0.2) is 0 Å². The van der Waals surface area contributed by atoms with Crippen molar-refractivity contribution in [3.8, 4) is 11.1 Å². The molecule has 0 aliphatic rings. The number of hydrogen-bond acceptors (Lipinski definition) is 3. The number of thiophene rings is 2. The lowest BCUT2D eigenvalue weighted by Crippen LogP contribution is -1.71. The van der Waals surface area contributed by atoms with Crippen LogP contribution in [0.1, 0.15) is 4.88 Å². The van der Waals surface area contributed by atoms with Crippen LogP contribution >= 0.6 is 35.3 Å². The van der Waals surface area contributed by atoms with Crippen LogP contribution in [0.2, 0.25) is 0 Å². The monoisotopic (exact) mass is 212 g/mol. The summed E-state index contributed by atoms with van der Waals surface area (Å²) in [6.07, 6.45) is 0. The molecule has 0 unspecified atom stereocenters. The quantitative estimate of drug-likeness (QED) is 0.677. The van der Waals surface area contributed by atoms with Crippen LogP contribution in [0.4, 0.5) is 0 Å². The van der Waals surface area contributed by atoms with Crippen molar-refractivity contribution in [3.05, 3.63) is 27.8 Å². The molecule has 0 aliphatic carbocycles. The summed E-state index contributed by atoms with van der Waals surface area (Å²) in [6.45, 7) is 2.14. The second kappa shape index (κ2) is 3.24. The second-order valence-corrected chi connectivity index (χ2v) is 5.32. The van der Waals surface area contributed by atoms with Gasteiger partial charge in [0.25, 0.3) is 0 Å². The van der Waals surface area contributed by atoms with Gasteiger partial charge in [-0.25, -0.2) is 0 Å². The van der Waals surface area contributed by atoms with E-state index in [4.69, 9.17) is 0 Å². The van der Waals surface area contributed by atoms with E-state index >= 15 is 0 Å². The highest BCUT2D eigenvalue weighted by Crippen LogP contribution is 2.34. The molecule has 0 spiro atoms. The lowest BCUT2D eigenvalue weighted by molar-refractivity contribution is 1.58. The predicted molar refractivity (Wildman–Crippen MR) is 59.6 cm³/mol. The fourth-order valence-corrected chi connectivity index (χ4v) is 2.90. The van der Waals surface area contributed by atoms with Crippen molar-refractivity contribution in [1.29, 1.82) is 0 Å². The topological polar surface area (TPSA) is 0 Å². The molecule has 0 nitrogen and oxygen atoms in total. The minimum atomic E-state index is 1.11. The zero-order chi connectivity index (χ0) is 8.55. The molecule has 0 atom stereocenters. The summed E-state index contributed by atoms with van der Waals surface area (Å²) < 4.78 is 1.11. The summed E-state index contributed by atoms with van der Waals surface area (Å²) in [5, 5.41) is 4.20. The fraction of sp³-hybridized carbons (Fsp3) is 0.111. The van der Waals surface area contributed by atoms with Gasteiger partial charge in [-0.15, -0.1) is 35.3 Å². The highest BCUT2D eigenvalue weighted by molar-refractivity contribution is 7.83. The van der Waals surface area contributed by atoms with Crippen molar-refractivity contribution >= 4 is 35.3 Å². The average Bonchev–Trinajstić information content (AvgIpc) is 2.59. The van der Waals surface area contributed by atoms with E-state index in [9.17, 15) is 0 Å². The third-order valence-corrected chi connectivity index (χ3v) is 3.91. The zero-order valence-corrected chi connectivity index (χ0v) is 9.10. The van der Waals surface area contributed by atoms with Gasteiger partial charge in [-0.2, -0.15) is 0 Å². The van der Waals surface area contributed by atoms with Gasteiger partial charge in [-0.3, -0.25) is 0 Å². The van der Waals surface area contributed by atoms with Gasteiger partial charge < -0.3 is 0 Å². The molecule has 0 amide bonds. The summed E-state index contributed by atoms with van der Waals surface area (Å²) in [4.78, 5) is 1.36. The van der Waals surface area contributed by atoms with Crippen LogP contribution in [-0.4, -0.2) is 0 Å². The number of aryl methyl sites for hydroxylation is 1. The predicted octanol–water partition coefficient (Wildman–Crippen LogP) is 4.07. The lowest BCUT2D eigenvalue weighted by atomic mass is 10.1. The first-order valence-electron chi connectivity index (χ1n) is 3.60. The molecule has 2 rings (SSSR count). The molecule has 2 aromatic heterocycles. The molecule has 2 aromatic rings. The molecule has 62 valence electrons. The summed E-state index contributed by atoms with van der Waals surface area (Å²) in [7, 11) is 0. The van der Waals surface area contributed by atoms with Gasteiger partial charge in [0.2, 0.25) is 0 Å². The first kappa shape index (κ1) is 8.35. The highest BCUT2D eigenvalue weighted by Gasteiger charge is 2.06. The lowest BCUT2D eigenvalue weighted by Gasteiger charge is -1.96. The van der Waals surface area contributed by atoms with Crippen LogP contribution in [-0.2, 0) is 0 Å². The number of rotatable bonds is 1. The van der Waals surface area contributed by atoms with Crippen LogP contribution in [0, 0.1) is 6.92 Å². The number of hydrogen-bond donors (Lipinski definition) is 1. The SMILES string of the molecule is Cc1sccc1-c1ccsc1S. The molecule has 0 fully saturated rings. The Morgan fingerprint density at radius 2 is 1.75 bits per heavy atom. The van der Waals surface area contributed by atoms with Crippen LogP contribution in [0.5, 0.6) is 0 Å². The first-order chi connectivity index (χ1) is 5.79. The van der Waals surface area contributed by atoms with Crippen molar-refractivity contribution in [2.45, 2.75) is 11.1 Å². The summed E-state index contributed by atoms with van der Waals surface area (Å²) in [5.74, 6) is 0. The van der Waals surface area contributed by atoms with Crippen LogP contribution in [0.25, 0.3) is 11.1 Å². The van der Waals surface area contributed by atoms with Crippen LogP contribution in [0.15, 0.2) is 27.1 Å². The van der Waals surface area contributed by atoms with Crippen LogP contribution < -0.4 is 0 Å². The number of thiol groups is 1. The van der Waals surface area contributed by atoms with Gasteiger partial charge in [-0.1, -0.05) is 0 Å². The maximum absolute atomic E-state index is 4.41. The Labute approximate surface area is 85.3 Å². The molecule has 0 aliphatic heterocycles. The van der Waals surface area contributed by atoms with Gasteiger partial charge in [-0.05, 0) is 35.4 Å². The molecule has 0 N–H and O–H groups in total. The average molecular weight is 212 g/mol. The molecule has 0 bridgehead atoms. The third-order valence-electron chi connectivity index (χ3n) is 1.79. The van der Waals surface area contributed by atoms with E-state index in [-0.39, 0.29) is 0 Å². The Kier molecular flexibility index (Phi) is 2.26. The standard InChI is InChI=1S/C9H8S3/c1-6-7(2-4-11-6)8-3-5-12-9(8)10/h2-5,10H,1H3. The summed E-state index contributed by atoms with van der Waals surface area (Å²) in [6, 6.07) is 4.28. The van der Waals surface area contributed by atoms with E-state index in [1.54, 1.807) is 22.7 Å². The molecule has 0 radical (unpaired) electrons. The van der Waals surface area contributed by atoms with Gasteiger partial charge in [0.05, 0.1) is 4.21 Å². The Balaban J connectivity index is 2.57. The zero-order valence-electron chi connectivity index (χ0n) is 6.57. The molecular formula is C9H8S3. The van der Waals surface area contributed by atoms with Crippen molar-refractivity contribution in [2.75, 3.05) is 0 Å². The Hall–Kier alpha value is -0.250. The van der Waals surface area contributed by atoms with Crippen molar-refractivity contribution in [1.82, 2.24) is 0 Å². The van der Waals surface area contributed by atoms with Crippen molar-refractivity contribution in [2.24, 2.45) is 0 Å². The minimum absolute atomic E-state index is 1.11. The Morgan fingerprint density at radius 3 is 2.25 bits per heavy atom. The van der Waals surface area contributed by atoms with Gasteiger partial charge >= 0.3 is 0 Å². The van der Waals surface area contributed by atoms with E-state index in [1.165, 1.54) is 16.0 Å². The summed E-state index contributed by atoms with van der Waals surface area (Å²) in [5.41, 5.74) is 2.59. The molecule has 3 heteroatoms.